The van der Waals surface area contributed by atoms with Gasteiger partial charge in [0.05, 0.1) is 18.0 Å². The molecule has 0 bridgehead atoms. The molecule has 1 aromatic heterocycles. The third kappa shape index (κ3) is 4.32. The molecule has 1 saturated carbocycles. The van der Waals surface area contributed by atoms with Gasteiger partial charge in [0.1, 0.15) is 11.6 Å². The fourth-order valence-corrected chi connectivity index (χ4v) is 4.19. The highest BCUT2D eigenvalue weighted by Gasteiger charge is 2.32. The van der Waals surface area contributed by atoms with E-state index >= 15 is 0 Å². The first-order chi connectivity index (χ1) is 14.5. The average Bonchev–Trinajstić information content (AvgIpc) is 3.51. The molecular formula is C22H23ClN4O2S. The first-order valence-corrected chi connectivity index (χ1v) is 11.1. The fourth-order valence-electron chi connectivity index (χ4n) is 3.16. The van der Waals surface area contributed by atoms with Crippen LogP contribution in [0.4, 0.5) is 5.69 Å². The lowest BCUT2D eigenvalue weighted by Gasteiger charge is -2.16. The highest BCUT2D eigenvalue weighted by Crippen LogP contribution is 2.41. The number of carbonyl (C=O) groups is 1. The molecule has 4 rings (SSSR count). The van der Waals surface area contributed by atoms with Crippen molar-refractivity contribution in [3.05, 3.63) is 58.9 Å². The number of hydrogen-bond donors (Lipinski definition) is 1. The van der Waals surface area contributed by atoms with Gasteiger partial charge in [-0.3, -0.25) is 9.36 Å². The summed E-state index contributed by atoms with van der Waals surface area (Å²) < 4.78 is 7.43. The Balaban J connectivity index is 1.55. The molecule has 0 radical (unpaired) electrons. The van der Waals surface area contributed by atoms with Crippen LogP contribution >= 0.6 is 23.4 Å². The lowest BCUT2D eigenvalue weighted by Crippen LogP contribution is -2.23. The fraction of sp³-hybridized carbons (Fsp3) is 0.318. The van der Waals surface area contributed by atoms with E-state index in [1.807, 2.05) is 50.2 Å². The van der Waals surface area contributed by atoms with E-state index in [1.165, 1.54) is 11.8 Å². The summed E-state index contributed by atoms with van der Waals surface area (Å²) in [6.07, 6.45) is 2.25. The largest absolute Gasteiger partial charge is 0.495 e. The van der Waals surface area contributed by atoms with Gasteiger partial charge in [0, 0.05) is 22.7 Å². The number of halogens is 1. The number of aromatic nitrogens is 3. The highest BCUT2D eigenvalue weighted by atomic mass is 35.5. The van der Waals surface area contributed by atoms with Crippen LogP contribution in [0.25, 0.3) is 5.69 Å². The van der Waals surface area contributed by atoms with Gasteiger partial charge in [-0.05, 0) is 50.5 Å². The smallest absolute Gasteiger partial charge is 0.237 e. The second-order valence-corrected chi connectivity index (χ2v) is 9.05. The number of para-hydroxylation sites is 1. The molecule has 0 spiro atoms. The van der Waals surface area contributed by atoms with Crippen molar-refractivity contribution in [3.63, 3.8) is 0 Å². The van der Waals surface area contributed by atoms with Gasteiger partial charge in [0.2, 0.25) is 5.91 Å². The number of rotatable bonds is 7. The van der Waals surface area contributed by atoms with Crippen LogP contribution in [0.2, 0.25) is 5.02 Å². The predicted molar refractivity (Wildman–Crippen MR) is 120 cm³/mol. The molecule has 1 aliphatic carbocycles. The Kier molecular flexibility index (Phi) is 6.01. The molecule has 30 heavy (non-hydrogen) atoms. The van der Waals surface area contributed by atoms with Crippen molar-refractivity contribution in [1.82, 2.24) is 14.8 Å². The lowest BCUT2D eigenvalue weighted by atomic mass is 10.2. The minimum absolute atomic E-state index is 0.143. The summed E-state index contributed by atoms with van der Waals surface area (Å²) >= 11 is 7.55. The van der Waals surface area contributed by atoms with Gasteiger partial charge >= 0.3 is 0 Å². The molecule has 1 amide bonds. The Hall–Kier alpha value is -2.51. The van der Waals surface area contributed by atoms with Crippen LogP contribution in [0.3, 0.4) is 0 Å². The topological polar surface area (TPSA) is 69.0 Å². The van der Waals surface area contributed by atoms with Crippen molar-refractivity contribution < 1.29 is 9.53 Å². The van der Waals surface area contributed by atoms with E-state index in [2.05, 4.69) is 20.1 Å². The van der Waals surface area contributed by atoms with Gasteiger partial charge in [0.25, 0.3) is 0 Å². The average molecular weight is 443 g/mol. The normalized spacial score (nSPS) is 14.4. The molecule has 1 heterocycles. The monoisotopic (exact) mass is 442 g/mol. The molecule has 1 fully saturated rings. The number of hydrogen-bond acceptors (Lipinski definition) is 5. The van der Waals surface area contributed by atoms with Crippen LogP contribution in [-0.4, -0.2) is 33.0 Å². The van der Waals surface area contributed by atoms with Crippen LogP contribution in [-0.2, 0) is 4.79 Å². The van der Waals surface area contributed by atoms with Gasteiger partial charge in [-0.1, -0.05) is 41.6 Å². The Morgan fingerprint density at radius 2 is 2.00 bits per heavy atom. The van der Waals surface area contributed by atoms with E-state index < -0.39 is 0 Å². The number of ether oxygens (including phenoxy) is 1. The first-order valence-electron chi connectivity index (χ1n) is 9.80. The van der Waals surface area contributed by atoms with E-state index in [0.29, 0.717) is 27.5 Å². The van der Waals surface area contributed by atoms with Crippen molar-refractivity contribution in [3.8, 4) is 11.4 Å². The molecular weight excluding hydrogens is 420 g/mol. The molecule has 1 unspecified atom stereocenters. The Morgan fingerprint density at radius 1 is 1.27 bits per heavy atom. The highest BCUT2D eigenvalue weighted by molar-refractivity contribution is 8.00. The summed E-state index contributed by atoms with van der Waals surface area (Å²) in [5, 5.41) is 12.7. The molecule has 1 atom stereocenters. The number of nitrogens with zero attached hydrogens (tertiary/aromatic N) is 3. The van der Waals surface area contributed by atoms with Crippen LogP contribution in [0.1, 0.15) is 37.1 Å². The van der Waals surface area contributed by atoms with Crippen molar-refractivity contribution >= 4 is 35.0 Å². The molecule has 8 heteroatoms. The third-order valence-electron chi connectivity index (χ3n) is 5.01. The minimum atomic E-state index is -0.385. The summed E-state index contributed by atoms with van der Waals surface area (Å²) in [6, 6.07) is 13.6. The van der Waals surface area contributed by atoms with Crippen LogP contribution in [0, 0.1) is 6.92 Å². The molecule has 1 aliphatic rings. The van der Waals surface area contributed by atoms with Crippen LogP contribution in [0.5, 0.6) is 5.75 Å². The Bertz CT molecular complexity index is 1070. The Labute approximate surface area is 185 Å². The maximum Gasteiger partial charge on any atom is 0.237 e. The SMILES string of the molecule is COc1cc(Cl)c(C)cc1NC(=O)C(C)Sc1nnc(C2CC2)n1-c1ccccc1. The van der Waals surface area contributed by atoms with Crippen molar-refractivity contribution in [2.24, 2.45) is 0 Å². The zero-order valence-electron chi connectivity index (χ0n) is 17.1. The van der Waals surface area contributed by atoms with E-state index in [9.17, 15) is 4.79 Å². The summed E-state index contributed by atoms with van der Waals surface area (Å²) in [6.45, 7) is 3.74. The quantitative estimate of drug-likeness (QED) is 0.507. The van der Waals surface area contributed by atoms with Crippen molar-refractivity contribution in [2.45, 2.75) is 43.0 Å². The summed E-state index contributed by atoms with van der Waals surface area (Å²) in [5.41, 5.74) is 2.47. The van der Waals surface area contributed by atoms with Crippen LogP contribution in [0.15, 0.2) is 47.6 Å². The third-order valence-corrected chi connectivity index (χ3v) is 6.46. The molecule has 2 aromatic carbocycles. The standard InChI is InChI=1S/C22H23ClN4O2S/c1-13-11-18(19(29-3)12-17(13)23)24-21(28)14(2)30-22-26-25-20(15-9-10-15)27(22)16-7-5-4-6-8-16/h4-8,11-12,14-15H,9-10H2,1-3H3,(H,24,28). The number of benzene rings is 2. The minimum Gasteiger partial charge on any atom is -0.495 e. The van der Waals surface area contributed by atoms with Gasteiger partial charge in [0.15, 0.2) is 5.16 Å². The van der Waals surface area contributed by atoms with Gasteiger partial charge in [-0.15, -0.1) is 10.2 Å². The number of carbonyl (C=O) groups excluding carboxylic acids is 1. The van der Waals surface area contributed by atoms with E-state index in [-0.39, 0.29) is 11.2 Å². The second-order valence-electron chi connectivity index (χ2n) is 7.34. The van der Waals surface area contributed by atoms with Crippen molar-refractivity contribution in [2.75, 3.05) is 12.4 Å². The molecule has 1 N–H and O–H groups in total. The van der Waals surface area contributed by atoms with E-state index in [1.54, 1.807) is 13.2 Å². The van der Waals surface area contributed by atoms with E-state index in [0.717, 1.165) is 29.9 Å². The Morgan fingerprint density at radius 3 is 2.67 bits per heavy atom. The number of amides is 1. The predicted octanol–water partition coefficient (Wildman–Crippen LogP) is 5.23. The molecule has 156 valence electrons. The number of aryl methyl sites for hydroxylation is 1. The first kappa shape index (κ1) is 20.8. The second kappa shape index (κ2) is 8.70. The lowest BCUT2D eigenvalue weighted by molar-refractivity contribution is -0.115. The zero-order valence-corrected chi connectivity index (χ0v) is 18.6. The summed E-state index contributed by atoms with van der Waals surface area (Å²) in [4.78, 5) is 12.9. The van der Waals surface area contributed by atoms with Crippen LogP contribution < -0.4 is 10.1 Å². The van der Waals surface area contributed by atoms with E-state index in [4.69, 9.17) is 16.3 Å². The molecule has 0 saturated heterocycles. The van der Waals surface area contributed by atoms with Gasteiger partial charge < -0.3 is 10.1 Å². The summed E-state index contributed by atoms with van der Waals surface area (Å²) in [7, 11) is 1.55. The molecule has 0 aliphatic heterocycles. The van der Waals surface area contributed by atoms with Crippen molar-refractivity contribution in [1.29, 1.82) is 0 Å². The van der Waals surface area contributed by atoms with Gasteiger partial charge in [-0.2, -0.15) is 0 Å². The number of nitrogens with one attached hydrogen (secondary N) is 1. The maximum absolute atomic E-state index is 12.9. The zero-order chi connectivity index (χ0) is 21.3. The number of anilines is 1. The maximum atomic E-state index is 12.9. The summed E-state index contributed by atoms with van der Waals surface area (Å²) in [5.74, 6) is 1.79. The number of thioether (sulfide) groups is 1. The number of methoxy groups -OCH3 is 1. The molecule has 6 nitrogen and oxygen atoms in total. The van der Waals surface area contributed by atoms with Gasteiger partial charge in [-0.25, -0.2) is 0 Å². The molecule has 3 aromatic rings.